The van der Waals surface area contributed by atoms with Crippen molar-refractivity contribution in [3.63, 3.8) is 0 Å². The summed E-state index contributed by atoms with van der Waals surface area (Å²) >= 11 is 0. The molecule has 0 atom stereocenters. The van der Waals surface area contributed by atoms with E-state index in [4.69, 9.17) is 4.74 Å². The number of aromatic nitrogens is 1. The van der Waals surface area contributed by atoms with Crippen molar-refractivity contribution in [3.05, 3.63) is 57.0 Å². The number of nitrogens with zero attached hydrogens (tertiary/aromatic N) is 1. The van der Waals surface area contributed by atoms with Crippen molar-refractivity contribution in [1.29, 1.82) is 0 Å². The minimum Gasteiger partial charge on any atom is -0.424 e. The van der Waals surface area contributed by atoms with E-state index in [0.717, 1.165) is 55.3 Å². The highest BCUT2D eigenvalue weighted by Gasteiger charge is 2.21. The highest BCUT2D eigenvalue weighted by molar-refractivity contribution is 6.05. The van der Waals surface area contributed by atoms with Crippen molar-refractivity contribution in [2.24, 2.45) is 0 Å². The van der Waals surface area contributed by atoms with Crippen LogP contribution in [0.2, 0.25) is 0 Å². The Labute approximate surface area is 196 Å². The number of esters is 1. The minimum atomic E-state index is -0.467. The lowest BCUT2D eigenvalue weighted by molar-refractivity contribution is -0.131. The Morgan fingerprint density at radius 3 is 2.45 bits per heavy atom. The zero-order valence-electron chi connectivity index (χ0n) is 20.2. The van der Waals surface area contributed by atoms with Crippen molar-refractivity contribution in [1.82, 2.24) is 4.57 Å². The summed E-state index contributed by atoms with van der Waals surface area (Å²) in [6.07, 6.45) is 10.6. The Morgan fingerprint density at radius 1 is 1.06 bits per heavy atom. The van der Waals surface area contributed by atoms with Crippen molar-refractivity contribution < 1.29 is 14.3 Å². The van der Waals surface area contributed by atoms with Gasteiger partial charge in [0.1, 0.15) is 5.56 Å². The van der Waals surface area contributed by atoms with E-state index >= 15 is 0 Å². The number of pyridine rings is 1. The molecule has 178 valence electrons. The lowest BCUT2D eigenvalue weighted by Crippen LogP contribution is -2.33. The lowest BCUT2D eigenvalue weighted by Gasteiger charge is -2.20. The third-order valence-corrected chi connectivity index (χ3v) is 6.31. The van der Waals surface area contributed by atoms with Gasteiger partial charge < -0.3 is 14.6 Å². The zero-order valence-corrected chi connectivity index (χ0v) is 20.2. The third-order valence-electron chi connectivity index (χ3n) is 6.31. The van der Waals surface area contributed by atoms with Gasteiger partial charge in [0.25, 0.3) is 11.5 Å². The Hall–Kier alpha value is -2.89. The van der Waals surface area contributed by atoms with Gasteiger partial charge in [0.05, 0.1) is 5.69 Å². The number of carbonyl (C=O) groups excluding carboxylic acids is 2. The molecule has 0 spiro atoms. The van der Waals surface area contributed by atoms with Crippen LogP contribution in [0.15, 0.2) is 29.1 Å². The van der Waals surface area contributed by atoms with E-state index < -0.39 is 11.9 Å². The largest absolute Gasteiger partial charge is 0.424 e. The van der Waals surface area contributed by atoms with Crippen molar-refractivity contribution in [2.75, 3.05) is 5.32 Å². The first-order valence-corrected chi connectivity index (χ1v) is 12.3. The van der Waals surface area contributed by atoms with Crippen LogP contribution in [0.4, 0.5) is 5.69 Å². The molecule has 2 aromatic rings. The van der Waals surface area contributed by atoms with Crippen LogP contribution in [-0.2, 0) is 24.2 Å². The molecule has 1 N–H and O–H groups in total. The first-order valence-electron chi connectivity index (χ1n) is 12.3. The molecule has 1 amide bonds. The molecule has 0 saturated carbocycles. The predicted molar refractivity (Wildman–Crippen MR) is 131 cm³/mol. The second kappa shape index (κ2) is 11.8. The number of unbranched alkanes of at least 4 members (excludes halogenated alkanes) is 1. The van der Waals surface area contributed by atoms with Crippen molar-refractivity contribution in [3.8, 4) is 5.75 Å². The minimum absolute atomic E-state index is 0.152. The summed E-state index contributed by atoms with van der Waals surface area (Å²) in [7, 11) is 0. The fourth-order valence-electron chi connectivity index (χ4n) is 4.52. The number of nitrogens with one attached hydrogen (secondary N) is 1. The summed E-state index contributed by atoms with van der Waals surface area (Å²) in [5.41, 5.74) is 3.30. The molecule has 0 fully saturated rings. The third kappa shape index (κ3) is 6.34. The number of anilines is 1. The van der Waals surface area contributed by atoms with E-state index in [0.29, 0.717) is 12.2 Å². The second-order valence-corrected chi connectivity index (χ2v) is 8.96. The van der Waals surface area contributed by atoms with Crippen LogP contribution in [0.1, 0.15) is 92.4 Å². The van der Waals surface area contributed by atoms with Crippen LogP contribution in [0, 0.1) is 6.92 Å². The molecule has 1 aliphatic rings. The van der Waals surface area contributed by atoms with Gasteiger partial charge in [-0.3, -0.25) is 14.4 Å². The van der Waals surface area contributed by atoms with E-state index in [-0.39, 0.29) is 16.9 Å². The lowest BCUT2D eigenvalue weighted by atomic mass is 9.96. The van der Waals surface area contributed by atoms with Crippen molar-refractivity contribution in [2.45, 2.75) is 91.5 Å². The van der Waals surface area contributed by atoms with Crippen LogP contribution in [-0.4, -0.2) is 16.4 Å². The Kier molecular flexibility index (Phi) is 8.87. The van der Waals surface area contributed by atoms with Gasteiger partial charge in [-0.2, -0.15) is 0 Å². The van der Waals surface area contributed by atoms with Crippen LogP contribution < -0.4 is 15.6 Å². The summed E-state index contributed by atoms with van der Waals surface area (Å²) < 4.78 is 7.13. The molecular formula is C27H36N2O4. The summed E-state index contributed by atoms with van der Waals surface area (Å²) in [4.78, 5) is 38.4. The number of ether oxygens (including phenoxy) is 1. The Balaban J connectivity index is 2.03. The smallest absolute Gasteiger partial charge is 0.308 e. The number of hydrogen-bond acceptors (Lipinski definition) is 4. The van der Waals surface area contributed by atoms with E-state index in [2.05, 4.69) is 12.2 Å². The number of aryl methyl sites for hydroxylation is 2. The average molecular weight is 453 g/mol. The standard InChI is InChI=1S/C27H36N2O4/c1-4-5-17-29-23-15-11-9-7-6-8-10-14-21(23)18-22(27(29)32)26(31)28-25-19(2)13-12-16-24(25)33-20(3)30/h12-13,16,18H,4-11,14-15,17H2,1-3H3,(H,28,31). The maximum absolute atomic E-state index is 13.5. The van der Waals surface area contributed by atoms with Gasteiger partial charge in [-0.1, -0.05) is 51.2 Å². The number of fused-ring (bicyclic) bond motifs is 1. The van der Waals surface area contributed by atoms with E-state index in [1.54, 1.807) is 18.2 Å². The van der Waals surface area contributed by atoms with Gasteiger partial charge in [-0.15, -0.1) is 0 Å². The zero-order chi connectivity index (χ0) is 23.8. The number of rotatable bonds is 6. The number of hydrogen-bond donors (Lipinski definition) is 1. The first-order chi connectivity index (χ1) is 15.9. The molecule has 3 rings (SSSR count). The van der Waals surface area contributed by atoms with Gasteiger partial charge in [-0.25, -0.2) is 0 Å². The van der Waals surface area contributed by atoms with Crippen molar-refractivity contribution >= 4 is 17.6 Å². The molecule has 1 heterocycles. The topological polar surface area (TPSA) is 77.4 Å². The molecule has 0 unspecified atom stereocenters. The Morgan fingerprint density at radius 2 is 1.76 bits per heavy atom. The number of para-hydroxylation sites is 1. The predicted octanol–water partition coefficient (Wildman–Crippen LogP) is 5.57. The fourth-order valence-corrected chi connectivity index (χ4v) is 4.52. The quantitative estimate of drug-likeness (QED) is 0.459. The summed E-state index contributed by atoms with van der Waals surface area (Å²) in [6.45, 7) is 5.88. The highest BCUT2D eigenvalue weighted by atomic mass is 16.5. The first kappa shape index (κ1) is 24.7. The maximum Gasteiger partial charge on any atom is 0.308 e. The van der Waals surface area contributed by atoms with E-state index in [1.165, 1.54) is 32.6 Å². The number of carbonyl (C=O) groups is 2. The van der Waals surface area contributed by atoms with Crippen LogP contribution in [0.3, 0.4) is 0 Å². The fraction of sp³-hybridized carbons (Fsp3) is 0.519. The van der Waals surface area contributed by atoms with Gasteiger partial charge in [-0.05, 0) is 62.3 Å². The van der Waals surface area contributed by atoms with Crippen LogP contribution in [0.25, 0.3) is 0 Å². The summed E-state index contributed by atoms with van der Waals surface area (Å²) in [6, 6.07) is 7.03. The van der Waals surface area contributed by atoms with Gasteiger partial charge in [0.15, 0.2) is 5.75 Å². The molecule has 0 bridgehead atoms. The summed E-state index contributed by atoms with van der Waals surface area (Å²) in [5.74, 6) is -0.653. The van der Waals surface area contributed by atoms with Gasteiger partial charge >= 0.3 is 5.97 Å². The SMILES string of the molecule is CCCCn1c2c(cc(C(=O)Nc3c(C)cccc3OC(C)=O)c1=O)CCCCCCCC2. The molecule has 6 heteroatoms. The average Bonchev–Trinajstić information content (AvgIpc) is 2.78. The molecule has 0 radical (unpaired) electrons. The molecule has 1 aliphatic carbocycles. The van der Waals surface area contributed by atoms with Gasteiger partial charge in [0, 0.05) is 19.2 Å². The van der Waals surface area contributed by atoms with Crippen LogP contribution >= 0.6 is 0 Å². The normalized spacial score (nSPS) is 14.3. The molecule has 6 nitrogen and oxygen atoms in total. The number of benzene rings is 1. The summed E-state index contributed by atoms with van der Waals surface area (Å²) in [5, 5.41) is 2.85. The molecule has 0 aliphatic heterocycles. The van der Waals surface area contributed by atoms with E-state index in [1.807, 2.05) is 17.6 Å². The Bertz CT molecular complexity index is 1050. The second-order valence-electron chi connectivity index (χ2n) is 8.96. The maximum atomic E-state index is 13.5. The molecule has 1 aromatic heterocycles. The molecule has 1 aromatic carbocycles. The van der Waals surface area contributed by atoms with Gasteiger partial charge in [0.2, 0.25) is 0 Å². The monoisotopic (exact) mass is 452 g/mol. The van der Waals surface area contributed by atoms with Crippen LogP contribution in [0.5, 0.6) is 5.75 Å². The van der Waals surface area contributed by atoms with E-state index in [9.17, 15) is 14.4 Å². The molecule has 33 heavy (non-hydrogen) atoms. The molecular weight excluding hydrogens is 416 g/mol. The highest BCUT2D eigenvalue weighted by Crippen LogP contribution is 2.29. The number of amides is 1. The molecule has 0 saturated heterocycles.